The lowest BCUT2D eigenvalue weighted by atomic mass is 10.8. The molecular formula is C4H6ClO3. The minimum Gasteiger partial charge on any atom is -0.457 e. The van der Waals surface area contributed by atoms with Crippen molar-refractivity contribution in [1.82, 2.24) is 0 Å². The summed E-state index contributed by atoms with van der Waals surface area (Å²) >= 11 is 0. The molecule has 0 aliphatic heterocycles. The molecule has 47 valence electrons. The zero-order valence-corrected chi connectivity index (χ0v) is 5.16. The minimum absolute atomic E-state index is 0. The largest absolute Gasteiger partial charge is 0.457 e. The second kappa shape index (κ2) is 6.43. The van der Waals surface area contributed by atoms with Gasteiger partial charge in [-0.25, -0.2) is 0 Å². The van der Waals surface area contributed by atoms with Crippen LogP contribution in [0.15, 0.2) is 0 Å². The molecule has 0 aromatic carbocycles. The molecule has 0 aliphatic carbocycles. The van der Waals surface area contributed by atoms with Crippen molar-refractivity contribution in [1.29, 1.82) is 0 Å². The van der Waals surface area contributed by atoms with Crippen LogP contribution in [0, 0.1) is 0 Å². The monoisotopic (exact) mass is 137 g/mol. The van der Waals surface area contributed by atoms with Gasteiger partial charge < -0.3 is 4.74 Å². The maximum atomic E-state index is 9.80. The molecule has 0 saturated carbocycles. The van der Waals surface area contributed by atoms with Gasteiger partial charge in [0, 0.05) is 6.92 Å². The van der Waals surface area contributed by atoms with Crippen LogP contribution in [0.25, 0.3) is 0 Å². The molecule has 0 bridgehead atoms. The van der Waals surface area contributed by atoms with E-state index in [0.717, 1.165) is 0 Å². The molecule has 0 aromatic heterocycles. The molecule has 0 N–H and O–H groups in total. The summed E-state index contributed by atoms with van der Waals surface area (Å²) in [6.45, 7) is 0.979. The van der Waals surface area contributed by atoms with Crippen molar-refractivity contribution < 1.29 is 14.3 Å². The molecule has 4 heteroatoms. The van der Waals surface area contributed by atoms with Crippen molar-refractivity contribution in [2.75, 3.05) is 6.61 Å². The van der Waals surface area contributed by atoms with Gasteiger partial charge in [-0.1, -0.05) is 0 Å². The number of ether oxygens (including phenoxy) is 1. The van der Waals surface area contributed by atoms with Crippen LogP contribution in [-0.2, 0) is 14.3 Å². The van der Waals surface area contributed by atoms with E-state index in [2.05, 4.69) is 4.74 Å². The molecule has 0 heterocycles. The van der Waals surface area contributed by atoms with Crippen molar-refractivity contribution in [2.45, 2.75) is 6.92 Å². The van der Waals surface area contributed by atoms with Crippen molar-refractivity contribution >= 4 is 24.7 Å². The fourth-order valence-electron chi connectivity index (χ4n) is 0.131. The third kappa shape index (κ3) is 9.06. The molecule has 0 aromatic rings. The van der Waals surface area contributed by atoms with Crippen molar-refractivity contribution in [3.05, 3.63) is 0 Å². The first-order valence-corrected chi connectivity index (χ1v) is 1.75. The predicted molar refractivity (Wildman–Crippen MR) is 29.6 cm³/mol. The van der Waals surface area contributed by atoms with Crippen LogP contribution in [-0.4, -0.2) is 18.9 Å². The molecule has 0 atom stereocenters. The Kier molecular flexibility index (Phi) is 8.37. The van der Waals surface area contributed by atoms with Gasteiger partial charge in [0.15, 0.2) is 6.61 Å². The molecule has 0 unspecified atom stereocenters. The van der Waals surface area contributed by atoms with Crippen molar-refractivity contribution in [2.24, 2.45) is 0 Å². The van der Waals surface area contributed by atoms with Gasteiger partial charge in [0.25, 0.3) is 0 Å². The Hall–Kier alpha value is -0.570. The number of carbonyl (C=O) groups excluding carboxylic acids is 2. The SMILES string of the molecule is CC(=O)OC[C]=O.Cl. The fourth-order valence-corrected chi connectivity index (χ4v) is 0.131. The highest BCUT2D eigenvalue weighted by Crippen LogP contribution is 1.68. The first kappa shape index (κ1) is 10.4. The fraction of sp³-hybridized carbons (Fsp3) is 0.500. The van der Waals surface area contributed by atoms with E-state index in [1.165, 1.54) is 13.2 Å². The topological polar surface area (TPSA) is 43.4 Å². The minimum atomic E-state index is -0.455. The zero-order chi connectivity index (χ0) is 5.70. The summed E-state index contributed by atoms with van der Waals surface area (Å²) in [5.41, 5.74) is 0. The van der Waals surface area contributed by atoms with E-state index in [4.69, 9.17) is 0 Å². The van der Waals surface area contributed by atoms with Crippen molar-refractivity contribution in [3.63, 3.8) is 0 Å². The van der Waals surface area contributed by atoms with Crippen LogP contribution < -0.4 is 0 Å². The average molecular weight is 138 g/mol. The van der Waals surface area contributed by atoms with Gasteiger partial charge in [-0.2, -0.15) is 0 Å². The van der Waals surface area contributed by atoms with E-state index >= 15 is 0 Å². The van der Waals surface area contributed by atoms with Crippen LogP contribution in [0.2, 0.25) is 0 Å². The van der Waals surface area contributed by atoms with Gasteiger partial charge in [-0.3, -0.25) is 9.59 Å². The molecule has 0 rings (SSSR count). The lowest BCUT2D eigenvalue weighted by molar-refractivity contribution is -0.139. The van der Waals surface area contributed by atoms with Gasteiger partial charge in [0.1, 0.15) is 0 Å². The Bertz CT molecular complexity index is 81.4. The number of halogens is 1. The quantitative estimate of drug-likeness (QED) is 0.507. The normalized spacial score (nSPS) is 6.62. The molecule has 0 saturated heterocycles. The smallest absolute Gasteiger partial charge is 0.303 e. The molecular weight excluding hydrogens is 131 g/mol. The maximum Gasteiger partial charge on any atom is 0.303 e. The summed E-state index contributed by atoms with van der Waals surface area (Å²) in [6, 6.07) is 0. The summed E-state index contributed by atoms with van der Waals surface area (Å²) in [6.07, 6.45) is 1.41. The van der Waals surface area contributed by atoms with Crippen LogP contribution in [0.5, 0.6) is 0 Å². The maximum absolute atomic E-state index is 9.80. The van der Waals surface area contributed by atoms with Crippen LogP contribution >= 0.6 is 12.4 Å². The number of carbonyl (C=O) groups is 1. The predicted octanol–water partition coefficient (Wildman–Crippen LogP) is 0.0810. The second-order valence-electron chi connectivity index (χ2n) is 0.925. The second-order valence-corrected chi connectivity index (χ2v) is 0.925. The summed E-state index contributed by atoms with van der Waals surface area (Å²) in [4.78, 5) is 19.1. The Balaban J connectivity index is 0. The molecule has 0 amide bonds. The van der Waals surface area contributed by atoms with Crippen LogP contribution in [0.3, 0.4) is 0 Å². The number of esters is 1. The van der Waals surface area contributed by atoms with E-state index in [0.29, 0.717) is 0 Å². The van der Waals surface area contributed by atoms with Crippen molar-refractivity contribution in [3.8, 4) is 0 Å². The van der Waals surface area contributed by atoms with E-state index in [1.807, 2.05) is 0 Å². The Morgan fingerprint density at radius 2 is 2.25 bits per heavy atom. The molecule has 0 aliphatic rings. The average Bonchev–Trinajstić information content (AvgIpc) is 1.61. The molecule has 1 radical (unpaired) electrons. The van der Waals surface area contributed by atoms with Gasteiger partial charge in [-0.05, 0) is 0 Å². The highest BCUT2D eigenvalue weighted by Gasteiger charge is 1.86. The van der Waals surface area contributed by atoms with E-state index in [9.17, 15) is 9.59 Å². The summed E-state index contributed by atoms with van der Waals surface area (Å²) in [5, 5.41) is 0. The van der Waals surface area contributed by atoms with E-state index in [-0.39, 0.29) is 19.0 Å². The van der Waals surface area contributed by atoms with E-state index < -0.39 is 5.97 Å². The van der Waals surface area contributed by atoms with Crippen LogP contribution in [0.4, 0.5) is 0 Å². The number of hydrogen-bond acceptors (Lipinski definition) is 3. The molecule has 8 heavy (non-hydrogen) atoms. The van der Waals surface area contributed by atoms with Gasteiger partial charge in [0.2, 0.25) is 6.29 Å². The molecule has 0 fully saturated rings. The Morgan fingerprint density at radius 1 is 1.75 bits per heavy atom. The highest BCUT2D eigenvalue weighted by atomic mass is 35.5. The van der Waals surface area contributed by atoms with Gasteiger partial charge in [-0.15, -0.1) is 12.4 Å². The molecule has 0 spiro atoms. The number of hydrogen-bond donors (Lipinski definition) is 0. The number of rotatable bonds is 2. The first-order chi connectivity index (χ1) is 3.27. The molecule has 3 nitrogen and oxygen atoms in total. The standard InChI is InChI=1S/C4H5O3.ClH/c1-4(6)7-3-2-5;/h3H2,1H3;1H. The Labute approximate surface area is 53.4 Å². The first-order valence-electron chi connectivity index (χ1n) is 1.75. The highest BCUT2D eigenvalue weighted by molar-refractivity contribution is 5.85. The lowest BCUT2D eigenvalue weighted by Gasteiger charge is -1.88. The lowest BCUT2D eigenvalue weighted by Crippen LogP contribution is -2.00. The zero-order valence-electron chi connectivity index (χ0n) is 4.34. The summed E-state index contributed by atoms with van der Waals surface area (Å²) in [7, 11) is 0. The summed E-state index contributed by atoms with van der Waals surface area (Å²) < 4.78 is 4.13. The Morgan fingerprint density at radius 3 is 2.38 bits per heavy atom. The van der Waals surface area contributed by atoms with E-state index in [1.54, 1.807) is 0 Å². The van der Waals surface area contributed by atoms with Gasteiger partial charge in [0.05, 0.1) is 0 Å². The van der Waals surface area contributed by atoms with Crippen LogP contribution in [0.1, 0.15) is 6.92 Å². The third-order valence-corrected chi connectivity index (χ3v) is 0.334. The van der Waals surface area contributed by atoms with Gasteiger partial charge >= 0.3 is 5.97 Å². The third-order valence-electron chi connectivity index (χ3n) is 0.334. The summed E-state index contributed by atoms with van der Waals surface area (Å²) in [5.74, 6) is -0.455.